The number of thiazole rings is 1. The Balaban J connectivity index is 2.03. The van der Waals surface area contributed by atoms with E-state index in [1.165, 1.54) is 11.3 Å². The minimum Gasteiger partial charge on any atom is -0.497 e. The van der Waals surface area contributed by atoms with Crippen LogP contribution in [0.2, 0.25) is 5.15 Å². The topological polar surface area (TPSA) is 78.6 Å². The van der Waals surface area contributed by atoms with Crippen molar-refractivity contribution >= 4 is 34.7 Å². The van der Waals surface area contributed by atoms with Gasteiger partial charge in [-0.25, -0.2) is 19.8 Å². The van der Waals surface area contributed by atoms with Gasteiger partial charge in [0.1, 0.15) is 21.6 Å². The molecule has 0 aliphatic carbocycles. The molecule has 0 amide bonds. The summed E-state index contributed by atoms with van der Waals surface area (Å²) in [5, 5.41) is 0.315. The van der Waals surface area contributed by atoms with Crippen LogP contribution in [0.15, 0.2) is 41.5 Å². The molecule has 2 aromatic heterocycles. The van der Waals surface area contributed by atoms with E-state index in [0.29, 0.717) is 39.6 Å². The number of aromatic nitrogens is 3. The second-order valence-electron chi connectivity index (χ2n) is 5.78. The number of halogens is 1. The number of methoxy groups -OCH3 is 1. The van der Waals surface area contributed by atoms with E-state index in [9.17, 15) is 4.79 Å². The molecule has 0 unspecified atom stereocenters. The molecule has 2 heterocycles. The summed E-state index contributed by atoms with van der Waals surface area (Å²) in [5.74, 6) is 1.35. The molecule has 28 heavy (non-hydrogen) atoms. The lowest BCUT2D eigenvalue weighted by molar-refractivity contribution is 0.0531. The van der Waals surface area contributed by atoms with E-state index in [1.807, 2.05) is 28.8 Å². The Hall–Kier alpha value is -2.71. The molecule has 9 heteroatoms. The Morgan fingerprint density at radius 1 is 1.29 bits per heavy atom. The van der Waals surface area contributed by atoms with Crippen molar-refractivity contribution in [3.8, 4) is 5.75 Å². The third kappa shape index (κ3) is 4.96. The number of aryl methyl sites for hydroxylation is 1. The first-order chi connectivity index (χ1) is 13.5. The largest absolute Gasteiger partial charge is 0.497 e. The summed E-state index contributed by atoms with van der Waals surface area (Å²) >= 11 is 7.25. The van der Waals surface area contributed by atoms with Gasteiger partial charge in [-0.2, -0.15) is 0 Å². The first-order valence-electron chi connectivity index (χ1n) is 8.54. The fourth-order valence-electron chi connectivity index (χ4n) is 2.48. The smallest absolute Gasteiger partial charge is 0.349 e. The molecule has 0 fully saturated rings. The zero-order valence-electron chi connectivity index (χ0n) is 15.7. The molecule has 0 N–H and O–H groups in total. The maximum atomic E-state index is 12.2. The Morgan fingerprint density at radius 2 is 2.04 bits per heavy atom. The lowest BCUT2D eigenvalue weighted by Gasteiger charge is -2.05. The van der Waals surface area contributed by atoms with Crippen molar-refractivity contribution < 1.29 is 14.3 Å². The second kappa shape index (κ2) is 8.99. The average Bonchev–Trinajstić information content (AvgIpc) is 3.04. The van der Waals surface area contributed by atoms with Crippen LogP contribution < -0.4 is 9.54 Å². The predicted molar refractivity (Wildman–Crippen MR) is 107 cm³/mol. The highest BCUT2D eigenvalue weighted by atomic mass is 35.5. The van der Waals surface area contributed by atoms with Crippen molar-refractivity contribution in [3.63, 3.8) is 0 Å². The lowest BCUT2D eigenvalue weighted by Crippen LogP contribution is -2.14. The van der Waals surface area contributed by atoms with Gasteiger partial charge in [0.25, 0.3) is 0 Å². The number of esters is 1. The van der Waals surface area contributed by atoms with Crippen LogP contribution in [0, 0.1) is 6.92 Å². The number of nitrogens with zero attached hydrogens (tertiary/aromatic N) is 4. The van der Waals surface area contributed by atoms with E-state index in [-0.39, 0.29) is 5.97 Å². The molecule has 0 aliphatic rings. The molecule has 0 spiro atoms. The van der Waals surface area contributed by atoms with Gasteiger partial charge < -0.3 is 14.0 Å². The highest BCUT2D eigenvalue weighted by Gasteiger charge is 2.13. The summed E-state index contributed by atoms with van der Waals surface area (Å²) in [6.07, 6.45) is 1.74. The van der Waals surface area contributed by atoms with Gasteiger partial charge in [-0.05, 0) is 31.5 Å². The first-order valence-corrected chi connectivity index (χ1v) is 9.74. The predicted octanol–water partition coefficient (Wildman–Crippen LogP) is 3.77. The molecule has 0 saturated carbocycles. The first kappa shape index (κ1) is 20.0. The summed E-state index contributed by atoms with van der Waals surface area (Å²) in [5.41, 5.74) is 1.03. The van der Waals surface area contributed by atoms with E-state index >= 15 is 0 Å². The molecular formula is C19H19ClN4O3S. The fourth-order valence-corrected chi connectivity index (χ4v) is 3.59. The Bertz CT molecular complexity index is 1020. The van der Waals surface area contributed by atoms with Gasteiger partial charge in [0.2, 0.25) is 0 Å². The van der Waals surface area contributed by atoms with Gasteiger partial charge in [-0.15, -0.1) is 0 Å². The molecule has 0 saturated heterocycles. The molecule has 146 valence electrons. The normalized spacial score (nSPS) is 11.5. The maximum Gasteiger partial charge on any atom is 0.349 e. The van der Waals surface area contributed by atoms with Crippen LogP contribution in [-0.4, -0.2) is 34.2 Å². The van der Waals surface area contributed by atoms with Gasteiger partial charge in [0.05, 0.1) is 13.7 Å². The second-order valence-corrected chi connectivity index (χ2v) is 7.18. The highest BCUT2D eigenvalue weighted by molar-refractivity contribution is 7.11. The number of hydrogen-bond acceptors (Lipinski definition) is 7. The van der Waals surface area contributed by atoms with Crippen molar-refractivity contribution in [1.82, 2.24) is 14.5 Å². The standard InChI is InChI=1S/C19H19ClN4O3S/c1-4-27-18(25)15-11-24(10-13-5-7-14(26-3)8-6-13)19(28-15)23-17-9-16(20)21-12(2)22-17/h5-9,11H,4,10H2,1-3H3/b23-19+. The summed E-state index contributed by atoms with van der Waals surface area (Å²) in [6.45, 7) is 4.35. The number of carbonyl (C=O) groups is 1. The zero-order chi connectivity index (χ0) is 20.1. The van der Waals surface area contributed by atoms with Crippen LogP contribution in [-0.2, 0) is 11.3 Å². The van der Waals surface area contributed by atoms with Crippen LogP contribution >= 0.6 is 22.9 Å². The van der Waals surface area contributed by atoms with Crippen LogP contribution in [0.3, 0.4) is 0 Å². The van der Waals surface area contributed by atoms with Crippen molar-refractivity contribution in [2.75, 3.05) is 13.7 Å². The number of benzene rings is 1. The number of carbonyl (C=O) groups excluding carboxylic acids is 1. The van der Waals surface area contributed by atoms with E-state index < -0.39 is 0 Å². The maximum absolute atomic E-state index is 12.2. The van der Waals surface area contributed by atoms with Crippen LogP contribution in [0.25, 0.3) is 0 Å². The van der Waals surface area contributed by atoms with Gasteiger partial charge >= 0.3 is 5.97 Å². The Morgan fingerprint density at radius 3 is 2.68 bits per heavy atom. The molecule has 0 bridgehead atoms. The third-order valence-corrected chi connectivity index (χ3v) is 4.91. The van der Waals surface area contributed by atoms with Gasteiger partial charge in [-0.3, -0.25) is 0 Å². The van der Waals surface area contributed by atoms with E-state index in [4.69, 9.17) is 21.1 Å². The Labute approximate surface area is 171 Å². The SMILES string of the molecule is CCOC(=O)c1cn(Cc2ccc(OC)cc2)/c(=N\c2cc(Cl)nc(C)n2)s1. The van der Waals surface area contributed by atoms with Crippen LogP contribution in [0.5, 0.6) is 5.75 Å². The summed E-state index contributed by atoms with van der Waals surface area (Å²) < 4.78 is 12.2. The molecule has 3 rings (SSSR count). The van der Waals surface area contributed by atoms with Crippen LogP contribution in [0.4, 0.5) is 5.82 Å². The third-order valence-electron chi connectivity index (χ3n) is 3.71. The summed E-state index contributed by atoms with van der Waals surface area (Å²) in [7, 11) is 1.63. The molecule has 7 nitrogen and oxygen atoms in total. The van der Waals surface area contributed by atoms with Gasteiger partial charge in [0.15, 0.2) is 10.6 Å². The quantitative estimate of drug-likeness (QED) is 0.449. The number of hydrogen-bond donors (Lipinski definition) is 0. The fraction of sp³-hybridized carbons (Fsp3) is 0.263. The molecule has 0 aliphatic heterocycles. The minimum absolute atomic E-state index is 0.308. The summed E-state index contributed by atoms with van der Waals surface area (Å²) in [4.78, 5) is 26.1. The molecule has 0 atom stereocenters. The zero-order valence-corrected chi connectivity index (χ0v) is 17.3. The molecular weight excluding hydrogens is 400 g/mol. The van der Waals surface area contributed by atoms with Crippen molar-refractivity contribution in [3.05, 3.63) is 62.7 Å². The molecule has 1 aromatic carbocycles. The van der Waals surface area contributed by atoms with Gasteiger partial charge in [-0.1, -0.05) is 35.1 Å². The summed E-state index contributed by atoms with van der Waals surface area (Å²) in [6, 6.07) is 9.28. The minimum atomic E-state index is -0.380. The monoisotopic (exact) mass is 418 g/mol. The molecule has 3 aromatic rings. The average molecular weight is 419 g/mol. The number of ether oxygens (including phenoxy) is 2. The van der Waals surface area contributed by atoms with Crippen molar-refractivity contribution in [2.45, 2.75) is 20.4 Å². The van der Waals surface area contributed by atoms with E-state index in [0.717, 1.165) is 11.3 Å². The highest BCUT2D eigenvalue weighted by Crippen LogP contribution is 2.16. The lowest BCUT2D eigenvalue weighted by atomic mass is 10.2. The van der Waals surface area contributed by atoms with Crippen molar-refractivity contribution in [2.24, 2.45) is 4.99 Å². The Kier molecular flexibility index (Phi) is 6.43. The van der Waals surface area contributed by atoms with Crippen LogP contribution in [0.1, 0.15) is 28.0 Å². The van der Waals surface area contributed by atoms with E-state index in [2.05, 4.69) is 15.0 Å². The molecule has 0 radical (unpaired) electrons. The van der Waals surface area contributed by atoms with E-state index in [1.54, 1.807) is 33.2 Å². The van der Waals surface area contributed by atoms with Gasteiger partial charge in [0, 0.05) is 18.8 Å². The number of rotatable bonds is 6. The van der Waals surface area contributed by atoms with Crippen molar-refractivity contribution in [1.29, 1.82) is 0 Å².